The van der Waals surface area contributed by atoms with Gasteiger partial charge in [0.1, 0.15) is 0 Å². The highest BCUT2D eigenvalue weighted by Gasteiger charge is 2.25. The van der Waals surface area contributed by atoms with Crippen LogP contribution in [0.4, 0.5) is 5.69 Å². The number of aliphatic imine (C=N–C) groups is 1. The minimum absolute atomic E-state index is 0.103. The van der Waals surface area contributed by atoms with Crippen molar-refractivity contribution >= 4 is 11.6 Å². The second-order valence-electron chi connectivity index (χ2n) is 6.45. The molecule has 1 rings (SSSR count). The van der Waals surface area contributed by atoms with Crippen LogP contribution in [0.5, 0.6) is 0 Å². The molecule has 0 aromatic heterocycles. The van der Waals surface area contributed by atoms with Crippen LogP contribution < -0.4 is 16.0 Å². The lowest BCUT2D eigenvalue weighted by atomic mass is 9.79. The van der Waals surface area contributed by atoms with E-state index in [0.717, 1.165) is 63.5 Å². The van der Waals surface area contributed by atoms with E-state index in [1.807, 2.05) is 18.2 Å². The molecule has 5 nitrogen and oxygen atoms in total. The Labute approximate surface area is 153 Å². The molecule has 0 heterocycles. The van der Waals surface area contributed by atoms with E-state index in [9.17, 15) is 5.11 Å². The second kappa shape index (κ2) is 12.6. The molecule has 0 unspecified atom stereocenters. The minimum Gasteiger partial charge on any atom is -0.396 e. The van der Waals surface area contributed by atoms with E-state index in [1.165, 1.54) is 0 Å². The molecule has 0 fully saturated rings. The van der Waals surface area contributed by atoms with E-state index in [2.05, 4.69) is 48.9 Å². The third-order valence-corrected chi connectivity index (χ3v) is 4.81. The van der Waals surface area contributed by atoms with Crippen LogP contribution in [-0.2, 0) is 0 Å². The van der Waals surface area contributed by atoms with Gasteiger partial charge in [-0.15, -0.1) is 0 Å². The van der Waals surface area contributed by atoms with Gasteiger partial charge in [0.25, 0.3) is 0 Å². The number of nitrogens with zero attached hydrogens (tertiary/aromatic N) is 1. The number of nitrogens with one attached hydrogen (secondary N) is 3. The first-order valence-electron chi connectivity index (χ1n) is 9.61. The topological polar surface area (TPSA) is 68.7 Å². The number of hydrogen-bond acceptors (Lipinski definition) is 3. The smallest absolute Gasteiger partial charge is 0.191 e. The Kier molecular flexibility index (Phi) is 10.7. The predicted octanol–water partition coefficient (Wildman–Crippen LogP) is 3.23. The Morgan fingerprint density at radius 3 is 2.36 bits per heavy atom. The Balaban J connectivity index is 2.41. The van der Waals surface area contributed by atoms with Crippen LogP contribution in [0.3, 0.4) is 0 Å². The Bertz CT molecular complexity index is 472. The Hall–Kier alpha value is -1.75. The summed E-state index contributed by atoms with van der Waals surface area (Å²) >= 11 is 0. The van der Waals surface area contributed by atoms with Crippen LogP contribution in [0, 0.1) is 5.41 Å². The SMILES string of the molecule is CCNC(=NCC(CC)(CC)CCO)NCCCNc1ccccc1. The zero-order valence-electron chi connectivity index (χ0n) is 16.1. The van der Waals surface area contributed by atoms with Gasteiger partial charge in [-0.3, -0.25) is 4.99 Å². The number of benzene rings is 1. The molecule has 0 saturated heterocycles. The molecule has 0 amide bonds. The van der Waals surface area contributed by atoms with Crippen LogP contribution >= 0.6 is 0 Å². The van der Waals surface area contributed by atoms with Crippen molar-refractivity contribution in [2.75, 3.05) is 38.1 Å². The Morgan fingerprint density at radius 2 is 1.76 bits per heavy atom. The summed E-state index contributed by atoms with van der Waals surface area (Å²) in [6, 6.07) is 10.3. The lowest BCUT2D eigenvalue weighted by Gasteiger charge is -2.29. The van der Waals surface area contributed by atoms with E-state index < -0.39 is 0 Å². The van der Waals surface area contributed by atoms with Gasteiger partial charge in [0, 0.05) is 38.5 Å². The first kappa shape index (κ1) is 21.3. The van der Waals surface area contributed by atoms with E-state index in [4.69, 9.17) is 4.99 Å². The fourth-order valence-corrected chi connectivity index (χ4v) is 2.82. The highest BCUT2D eigenvalue weighted by Crippen LogP contribution is 2.30. The molecular weight excluding hydrogens is 312 g/mol. The van der Waals surface area contributed by atoms with Crippen LogP contribution in [0.2, 0.25) is 0 Å². The summed E-state index contributed by atoms with van der Waals surface area (Å²) in [6.07, 6.45) is 3.90. The zero-order chi connectivity index (χ0) is 18.4. The van der Waals surface area contributed by atoms with Crippen molar-refractivity contribution in [3.05, 3.63) is 30.3 Å². The summed E-state index contributed by atoms with van der Waals surface area (Å²) in [6.45, 7) is 10.1. The van der Waals surface area contributed by atoms with E-state index in [0.29, 0.717) is 0 Å². The summed E-state index contributed by atoms with van der Waals surface area (Å²) in [5, 5.41) is 19.5. The van der Waals surface area contributed by atoms with E-state index >= 15 is 0 Å². The fraction of sp³-hybridized carbons (Fsp3) is 0.650. The molecule has 25 heavy (non-hydrogen) atoms. The molecule has 1 aromatic rings. The molecule has 0 saturated carbocycles. The molecular formula is C20H36N4O. The van der Waals surface area contributed by atoms with E-state index in [1.54, 1.807) is 0 Å². The average Bonchev–Trinajstić information content (AvgIpc) is 2.65. The number of guanidine groups is 1. The fourth-order valence-electron chi connectivity index (χ4n) is 2.82. The summed E-state index contributed by atoms with van der Waals surface area (Å²) in [7, 11) is 0. The Morgan fingerprint density at radius 1 is 1.04 bits per heavy atom. The molecule has 0 spiro atoms. The lowest BCUT2D eigenvalue weighted by molar-refractivity contribution is 0.175. The predicted molar refractivity (Wildman–Crippen MR) is 108 cm³/mol. The number of para-hydroxylation sites is 1. The normalized spacial score (nSPS) is 12.1. The molecule has 0 radical (unpaired) electrons. The van der Waals surface area contributed by atoms with Gasteiger partial charge in [-0.25, -0.2) is 0 Å². The van der Waals surface area contributed by atoms with Gasteiger partial charge in [-0.05, 0) is 50.2 Å². The van der Waals surface area contributed by atoms with Crippen molar-refractivity contribution in [3.63, 3.8) is 0 Å². The largest absolute Gasteiger partial charge is 0.396 e. The van der Waals surface area contributed by atoms with Crippen LogP contribution in [0.15, 0.2) is 35.3 Å². The van der Waals surface area contributed by atoms with Gasteiger partial charge in [0.15, 0.2) is 5.96 Å². The molecule has 142 valence electrons. The van der Waals surface area contributed by atoms with Gasteiger partial charge < -0.3 is 21.1 Å². The van der Waals surface area contributed by atoms with Crippen molar-refractivity contribution < 1.29 is 5.11 Å². The van der Waals surface area contributed by atoms with Gasteiger partial charge in [-0.2, -0.15) is 0 Å². The maximum atomic E-state index is 9.34. The summed E-state index contributed by atoms with van der Waals surface area (Å²) < 4.78 is 0. The van der Waals surface area contributed by atoms with Crippen molar-refractivity contribution in [1.82, 2.24) is 10.6 Å². The summed E-state index contributed by atoms with van der Waals surface area (Å²) in [5.41, 5.74) is 1.26. The molecule has 0 atom stereocenters. The first-order valence-corrected chi connectivity index (χ1v) is 9.61. The molecule has 0 aliphatic rings. The number of aliphatic hydroxyl groups is 1. The van der Waals surface area contributed by atoms with Crippen molar-refractivity contribution in [3.8, 4) is 0 Å². The molecule has 0 bridgehead atoms. The maximum absolute atomic E-state index is 9.34. The average molecular weight is 349 g/mol. The van der Waals surface area contributed by atoms with Gasteiger partial charge >= 0.3 is 0 Å². The standard InChI is InChI=1S/C20H36N4O/c1-4-20(5-2,13-16-25)17-24-19(21-6-3)23-15-10-14-22-18-11-8-7-9-12-18/h7-9,11-12,22,25H,4-6,10,13-17H2,1-3H3,(H2,21,23,24). The van der Waals surface area contributed by atoms with Crippen molar-refractivity contribution in [2.45, 2.75) is 46.5 Å². The molecule has 0 aliphatic heterocycles. The minimum atomic E-state index is 0.103. The van der Waals surface area contributed by atoms with Crippen LogP contribution in [0.1, 0.15) is 46.5 Å². The highest BCUT2D eigenvalue weighted by molar-refractivity contribution is 5.79. The third-order valence-electron chi connectivity index (χ3n) is 4.81. The third kappa shape index (κ3) is 8.25. The van der Waals surface area contributed by atoms with Crippen LogP contribution in [0.25, 0.3) is 0 Å². The summed E-state index contributed by atoms with van der Waals surface area (Å²) in [4.78, 5) is 4.76. The number of rotatable bonds is 12. The van der Waals surface area contributed by atoms with E-state index in [-0.39, 0.29) is 12.0 Å². The van der Waals surface area contributed by atoms with Crippen LogP contribution in [-0.4, -0.2) is 43.9 Å². The quantitative estimate of drug-likeness (QED) is 0.266. The zero-order valence-corrected chi connectivity index (χ0v) is 16.1. The second-order valence-corrected chi connectivity index (χ2v) is 6.45. The molecule has 4 N–H and O–H groups in total. The number of aliphatic hydroxyl groups excluding tert-OH is 1. The number of anilines is 1. The monoisotopic (exact) mass is 348 g/mol. The lowest BCUT2D eigenvalue weighted by Crippen LogP contribution is -2.39. The van der Waals surface area contributed by atoms with Gasteiger partial charge in [0.05, 0.1) is 0 Å². The van der Waals surface area contributed by atoms with Crippen molar-refractivity contribution in [2.24, 2.45) is 10.4 Å². The molecule has 5 heteroatoms. The van der Waals surface area contributed by atoms with Gasteiger partial charge in [0.2, 0.25) is 0 Å². The molecule has 1 aromatic carbocycles. The van der Waals surface area contributed by atoms with Crippen molar-refractivity contribution in [1.29, 1.82) is 0 Å². The maximum Gasteiger partial charge on any atom is 0.191 e. The molecule has 0 aliphatic carbocycles. The number of hydrogen-bond donors (Lipinski definition) is 4. The first-order chi connectivity index (χ1) is 12.2. The summed E-state index contributed by atoms with van der Waals surface area (Å²) in [5.74, 6) is 0.867. The van der Waals surface area contributed by atoms with Gasteiger partial charge in [-0.1, -0.05) is 32.0 Å². The highest BCUT2D eigenvalue weighted by atomic mass is 16.3.